The predicted molar refractivity (Wildman–Crippen MR) is 85.8 cm³/mol. The molecule has 0 heterocycles. The number of nitrogens with two attached hydrogens (primary N) is 1. The largest absolute Gasteiger partial charge is 0.482 e. The zero-order valence-corrected chi connectivity index (χ0v) is 13.5. The Kier molecular flexibility index (Phi) is 5.98. The van der Waals surface area contributed by atoms with E-state index in [1.807, 2.05) is 12.1 Å². The average Bonchev–Trinajstić information content (AvgIpc) is 2.58. The molecule has 23 heavy (non-hydrogen) atoms. The molecule has 1 fully saturated rings. The van der Waals surface area contributed by atoms with Crippen LogP contribution in [-0.2, 0) is 20.9 Å². The Hall–Kier alpha value is -2.08. The summed E-state index contributed by atoms with van der Waals surface area (Å²) in [4.78, 5) is 23.4. The molecule has 1 aliphatic rings. The van der Waals surface area contributed by atoms with E-state index in [9.17, 15) is 9.59 Å². The van der Waals surface area contributed by atoms with Crippen LogP contribution in [0.15, 0.2) is 24.3 Å². The molecule has 0 radical (unpaired) electrons. The van der Waals surface area contributed by atoms with Crippen LogP contribution < -0.4 is 15.8 Å². The molecule has 0 aromatic heterocycles. The molecule has 2 rings (SSSR count). The van der Waals surface area contributed by atoms with Gasteiger partial charge in [0.1, 0.15) is 5.75 Å². The van der Waals surface area contributed by atoms with Gasteiger partial charge in [0.2, 0.25) is 5.91 Å². The quantitative estimate of drug-likeness (QED) is 0.776. The molecule has 0 spiro atoms. The van der Waals surface area contributed by atoms with E-state index in [0.717, 1.165) is 37.7 Å². The molecule has 0 bridgehead atoms. The minimum Gasteiger partial charge on any atom is -0.482 e. The number of amides is 1. The predicted octanol–water partition coefficient (Wildman–Crippen LogP) is 1.52. The Labute approximate surface area is 136 Å². The van der Waals surface area contributed by atoms with Crippen molar-refractivity contribution in [1.29, 1.82) is 0 Å². The van der Waals surface area contributed by atoms with Gasteiger partial charge in [-0.2, -0.15) is 0 Å². The van der Waals surface area contributed by atoms with Gasteiger partial charge < -0.3 is 20.5 Å². The number of benzene rings is 1. The van der Waals surface area contributed by atoms with E-state index < -0.39 is 11.5 Å². The van der Waals surface area contributed by atoms with E-state index in [0.29, 0.717) is 12.3 Å². The van der Waals surface area contributed by atoms with Crippen molar-refractivity contribution in [2.75, 3.05) is 13.7 Å². The molecule has 0 aliphatic heterocycles. The second-order valence-electron chi connectivity index (χ2n) is 5.91. The van der Waals surface area contributed by atoms with Gasteiger partial charge in [-0.05, 0) is 30.5 Å². The van der Waals surface area contributed by atoms with Gasteiger partial charge in [-0.1, -0.05) is 31.4 Å². The van der Waals surface area contributed by atoms with E-state index >= 15 is 0 Å². The van der Waals surface area contributed by atoms with Crippen molar-refractivity contribution in [3.05, 3.63) is 29.8 Å². The lowest BCUT2D eigenvalue weighted by Crippen LogP contribution is -2.54. The van der Waals surface area contributed by atoms with Gasteiger partial charge in [0.15, 0.2) is 6.61 Å². The molecule has 6 nitrogen and oxygen atoms in total. The molecule has 1 saturated carbocycles. The molecule has 126 valence electrons. The SMILES string of the molecule is COC(=O)COc1cccc(CNC(=O)C2(N)CCCCC2)c1. The van der Waals surface area contributed by atoms with Gasteiger partial charge in [-0.25, -0.2) is 4.79 Å². The number of ether oxygens (including phenoxy) is 2. The fourth-order valence-corrected chi connectivity index (χ4v) is 2.71. The van der Waals surface area contributed by atoms with Crippen molar-refractivity contribution in [2.45, 2.75) is 44.2 Å². The lowest BCUT2D eigenvalue weighted by molar-refractivity contribution is -0.142. The second kappa shape index (κ2) is 7.97. The van der Waals surface area contributed by atoms with E-state index in [1.54, 1.807) is 12.1 Å². The van der Waals surface area contributed by atoms with Crippen molar-refractivity contribution in [3.63, 3.8) is 0 Å². The molecule has 6 heteroatoms. The van der Waals surface area contributed by atoms with Crippen LogP contribution in [0, 0.1) is 0 Å². The Morgan fingerprint density at radius 2 is 2.00 bits per heavy atom. The standard InChI is InChI=1S/C17H24N2O4/c1-22-15(20)12-23-14-7-5-6-13(10-14)11-19-16(21)17(18)8-3-2-4-9-17/h5-7,10H,2-4,8-9,11-12,18H2,1H3,(H,19,21). The number of nitrogens with one attached hydrogen (secondary N) is 1. The van der Waals surface area contributed by atoms with Crippen LogP contribution in [0.5, 0.6) is 5.75 Å². The summed E-state index contributed by atoms with van der Waals surface area (Å²) in [7, 11) is 1.31. The Morgan fingerprint density at radius 3 is 2.70 bits per heavy atom. The normalized spacial score (nSPS) is 16.4. The molecular formula is C17H24N2O4. The summed E-state index contributed by atoms with van der Waals surface area (Å²) in [6, 6.07) is 7.23. The lowest BCUT2D eigenvalue weighted by Gasteiger charge is -2.31. The average molecular weight is 320 g/mol. The van der Waals surface area contributed by atoms with E-state index in [1.165, 1.54) is 7.11 Å². The summed E-state index contributed by atoms with van der Waals surface area (Å²) >= 11 is 0. The number of esters is 1. The number of carbonyl (C=O) groups excluding carboxylic acids is 2. The minimum atomic E-state index is -0.739. The number of carbonyl (C=O) groups is 2. The summed E-state index contributed by atoms with van der Waals surface area (Å²) < 4.78 is 9.85. The highest BCUT2D eigenvalue weighted by atomic mass is 16.6. The van der Waals surface area contributed by atoms with Crippen LogP contribution >= 0.6 is 0 Å². The summed E-state index contributed by atoms with van der Waals surface area (Å²) in [6.45, 7) is 0.241. The van der Waals surface area contributed by atoms with Gasteiger partial charge in [-0.15, -0.1) is 0 Å². The molecule has 0 saturated heterocycles. The zero-order valence-electron chi connectivity index (χ0n) is 13.5. The Morgan fingerprint density at radius 1 is 1.26 bits per heavy atom. The van der Waals surface area contributed by atoms with Crippen molar-refractivity contribution in [2.24, 2.45) is 5.73 Å². The smallest absolute Gasteiger partial charge is 0.343 e. The molecule has 1 aromatic carbocycles. The number of hydrogen-bond donors (Lipinski definition) is 2. The summed E-state index contributed by atoms with van der Waals surface area (Å²) in [5, 5.41) is 2.90. The van der Waals surface area contributed by atoms with Crippen molar-refractivity contribution >= 4 is 11.9 Å². The maximum Gasteiger partial charge on any atom is 0.343 e. The first-order valence-electron chi connectivity index (χ1n) is 7.89. The molecule has 1 amide bonds. The van der Waals surface area contributed by atoms with Crippen LogP contribution in [-0.4, -0.2) is 31.1 Å². The van der Waals surface area contributed by atoms with Crippen LogP contribution in [0.3, 0.4) is 0 Å². The summed E-state index contributed by atoms with van der Waals surface area (Å²) in [5.41, 5.74) is 6.36. The first-order chi connectivity index (χ1) is 11.0. The van der Waals surface area contributed by atoms with Crippen LogP contribution in [0.4, 0.5) is 0 Å². The highest BCUT2D eigenvalue weighted by molar-refractivity contribution is 5.86. The third-order valence-corrected chi connectivity index (χ3v) is 4.13. The van der Waals surface area contributed by atoms with Crippen LogP contribution in [0.1, 0.15) is 37.7 Å². The minimum absolute atomic E-state index is 0.0990. The Bertz CT molecular complexity index is 553. The number of methoxy groups -OCH3 is 1. The second-order valence-corrected chi connectivity index (χ2v) is 5.91. The molecule has 1 aromatic rings. The number of hydrogen-bond acceptors (Lipinski definition) is 5. The first kappa shape index (κ1) is 17.3. The molecule has 0 atom stereocenters. The summed E-state index contributed by atoms with van der Waals surface area (Å²) in [5.74, 6) is 0.0198. The third kappa shape index (κ3) is 4.96. The van der Waals surface area contributed by atoms with Crippen molar-refractivity contribution < 1.29 is 19.1 Å². The maximum atomic E-state index is 12.3. The summed E-state index contributed by atoms with van der Waals surface area (Å²) in [6.07, 6.45) is 4.62. The van der Waals surface area contributed by atoms with Gasteiger partial charge >= 0.3 is 5.97 Å². The van der Waals surface area contributed by atoms with E-state index in [2.05, 4.69) is 10.1 Å². The monoisotopic (exact) mass is 320 g/mol. The Balaban J connectivity index is 1.87. The van der Waals surface area contributed by atoms with Crippen molar-refractivity contribution in [1.82, 2.24) is 5.32 Å². The molecule has 0 unspecified atom stereocenters. The fraction of sp³-hybridized carbons (Fsp3) is 0.529. The number of rotatable bonds is 6. The highest BCUT2D eigenvalue weighted by Gasteiger charge is 2.34. The van der Waals surface area contributed by atoms with E-state index in [-0.39, 0.29) is 12.5 Å². The maximum absolute atomic E-state index is 12.3. The molecule has 3 N–H and O–H groups in total. The van der Waals surface area contributed by atoms with Gasteiger partial charge in [0.05, 0.1) is 12.6 Å². The van der Waals surface area contributed by atoms with Gasteiger partial charge in [0, 0.05) is 6.54 Å². The van der Waals surface area contributed by atoms with Crippen LogP contribution in [0.2, 0.25) is 0 Å². The van der Waals surface area contributed by atoms with E-state index in [4.69, 9.17) is 10.5 Å². The molecule has 1 aliphatic carbocycles. The van der Waals surface area contributed by atoms with Gasteiger partial charge in [-0.3, -0.25) is 4.79 Å². The first-order valence-corrected chi connectivity index (χ1v) is 7.89. The lowest BCUT2D eigenvalue weighted by atomic mass is 9.82. The third-order valence-electron chi connectivity index (χ3n) is 4.13. The topological polar surface area (TPSA) is 90.6 Å². The zero-order chi connectivity index (χ0) is 16.7. The fourth-order valence-electron chi connectivity index (χ4n) is 2.71. The van der Waals surface area contributed by atoms with Crippen molar-refractivity contribution in [3.8, 4) is 5.75 Å². The molecular weight excluding hydrogens is 296 g/mol. The highest BCUT2D eigenvalue weighted by Crippen LogP contribution is 2.26. The van der Waals surface area contributed by atoms with Crippen LogP contribution in [0.25, 0.3) is 0 Å². The van der Waals surface area contributed by atoms with Gasteiger partial charge in [0.25, 0.3) is 0 Å².